The van der Waals surface area contributed by atoms with Gasteiger partial charge in [-0.15, -0.1) is 0 Å². The summed E-state index contributed by atoms with van der Waals surface area (Å²) in [6.07, 6.45) is 5.87. The number of aromatic nitrogens is 1. The molecule has 1 N–H and O–H groups in total. The summed E-state index contributed by atoms with van der Waals surface area (Å²) >= 11 is 0. The fourth-order valence-electron chi connectivity index (χ4n) is 3.24. The Morgan fingerprint density at radius 1 is 1.08 bits per heavy atom. The molecule has 0 radical (unpaired) electrons. The zero-order chi connectivity index (χ0) is 17.1. The highest BCUT2D eigenvalue weighted by atomic mass is 16.1. The second kappa shape index (κ2) is 7.04. The highest BCUT2D eigenvalue weighted by Gasteiger charge is 2.17. The fourth-order valence-corrected chi connectivity index (χ4v) is 3.24. The number of hydrogen-bond acceptors (Lipinski definition) is 3. The van der Waals surface area contributed by atoms with Crippen LogP contribution in [-0.2, 0) is 0 Å². The van der Waals surface area contributed by atoms with E-state index >= 15 is 0 Å². The average Bonchev–Trinajstić information content (AvgIpc) is 2.54. The van der Waals surface area contributed by atoms with Crippen LogP contribution in [0, 0.1) is 19.8 Å². The molecule has 1 aromatic carbocycles. The minimum atomic E-state index is -0.111. The number of nitrogens with zero attached hydrogens (tertiary/aromatic N) is 2. The highest BCUT2D eigenvalue weighted by Crippen LogP contribution is 2.23. The van der Waals surface area contributed by atoms with Gasteiger partial charge in [0.25, 0.3) is 5.91 Å². The van der Waals surface area contributed by atoms with Crippen molar-refractivity contribution in [1.82, 2.24) is 4.98 Å². The molecule has 1 amide bonds. The molecule has 0 aliphatic carbocycles. The molecule has 24 heavy (non-hydrogen) atoms. The molecule has 2 aromatic rings. The third kappa shape index (κ3) is 3.94. The van der Waals surface area contributed by atoms with Gasteiger partial charge in [-0.05, 0) is 61.9 Å². The molecule has 126 valence electrons. The van der Waals surface area contributed by atoms with E-state index in [-0.39, 0.29) is 5.91 Å². The van der Waals surface area contributed by atoms with Crippen molar-refractivity contribution in [3.63, 3.8) is 0 Å². The maximum atomic E-state index is 12.6. The van der Waals surface area contributed by atoms with Crippen molar-refractivity contribution in [2.45, 2.75) is 33.6 Å². The first-order valence-electron chi connectivity index (χ1n) is 8.61. The standard InChI is InChI=1S/C20H25N3O/c1-14-4-6-23(7-5-14)19-11-17(12-21-13-19)20(24)22-18-9-15(2)8-16(3)10-18/h8-14H,4-7H2,1-3H3,(H,22,24). The van der Waals surface area contributed by atoms with Gasteiger partial charge >= 0.3 is 0 Å². The molecule has 4 nitrogen and oxygen atoms in total. The van der Waals surface area contributed by atoms with Crippen LogP contribution in [0.3, 0.4) is 0 Å². The summed E-state index contributed by atoms with van der Waals surface area (Å²) in [7, 11) is 0. The van der Waals surface area contributed by atoms with E-state index < -0.39 is 0 Å². The number of nitrogens with one attached hydrogen (secondary N) is 1. The van der Waals surface area contributed by atoms with Crippen molar-refractivity contribution in [2.75, 3.05) is 23.3 Å². The van der Waals surface area contributed by atoms with E-state index in [1.54, 1.807) is 6.20 Å². The quantitative estimate of drug-likeness (QED) is 0.921. The lowest BCUT2D eigenvalue weighted by molar-refractivity contribution is 0.102. The van der Waals surface area contributed by atoms with Gasteiger partial charge in [0.05, 0.1) is 17.4 Å². The maximum Gasteiger partial charge on any atom is 0.257 e. The Morgan fingerprint density at radius 3 is 2.42 bits per heavy atom. The summed E-state index contributed by atoms with van der Waals surface area (Å²) in [5.74, 6) is 0.671. The van der Waals surface area contributed by atoms with Crippen LogP contribution in [0.15, 0.2) is 36.7 Å². The van der Waals surface area contributed by atoms with E-state index in [1.165, 1.54) is 12.8 Å². The Bertz CT molecular complexity index is 713. The number of hydrogen-bond donors (Lipinski definition) is 1. The molecule has 3 rings (SSSR count). The summed E-state index contributed by atoms with van der Waals surface area (Å²) in [4.78, 5) is 19.1. The summed E-state index contributed by atoms with van der Waals surface area (Å²) < 4.78 is 0. The van der Waals surface area contributed by atoms with Gasteiger partial charge < -0.3 is 10.2 Å². The first-order chi connectivity index (χ1) is 11.5. The Kier molecular flexibility index (Phi) is 4.84. The SMILES string of the molecule is Cc1cc(C)cc(NC(=O)c2cncc(N3CCC(C)CC3)c2)c1. The molecule has 1 aliphatic rings. The third-order valence-electron chi connectivity index (χ3n) is 4.61. The normalized spacial score (nSPS) is 15.4. The van der Waals surface area contributed by atoms with Crippen LogP contribution in [0.4, 0.5) is 11.4 Å². The number of piperidine rings is 1. The number of anilines is 2. The lowest BCUT2D eigenvalue weighted by atomic mass is 9.99. The van der Waals surface area contributed by atoms with Crippen LogP contribution in [0.25, 0.3) is 0 Å². The van der Waals surface area contributed by atoms with Crippen molar-refractivity contribution >= 4 is 17.3 Å². The summed E-state index contributed by atoms with van der Waals surface area (Å²) in [5, 5.41) is 2.98. The lowest BCUT2D eigenvalue weighted by Crippen LogP contribution is -2.33. The molecular formula is C20H25N3O. The van der Waals surface area contributed by atoms with Crippen LogP contribution in [0.2, 0.25) is 0 Å². The molecule has 4 heteroatoms. The average molecular weight is 323 g/mol. The van der Waals surface area contributed by atoms with Crippen molar-refractivity contribution in [2.24, 2.45) is 5.92 Å². The van der Waals surface area contributed by atoms with Crippen molar-refractivity contribution < 1.29 is 4.79 Å². The van der Waals surface area contributed by atoms with E-state index in [0.717, 1.165) is 41.5 Å². The summed E-state index contributed by atoms with van der Waals surface area (Å²) in [5.41, 5.74) is 4.74. The maximum absolute atomic E-state index is 12.6. The minimum absolute atomic E-state index is 0.111. The molecule has 1 saturated heterocycles. The molecule has 2 heterocycles. The van der Waals surface area contributed by atoms with Gasteiger partial charge in [-0.2, -0.15) is 0 Å². The number of carbonyl (C=O) groups is 1. The molecule has 0 bridgehead atoms. The predicted molar refractivity (Wildman–Crippen MR) is 98.7 cm³/mol. The molecule has 1 aliphatic heterocycles. The molecule has 0 unspecified atom stereocenters. The highest BCUT2D eigenvalue weighted by molar-refractivity contribution is 6.04. The van der Waals surface area contributed by atoms with Gasteiger partial charge in [0.1, 0.15) is 0 Å². The van der Waals surface area contributed by atoms with Gasteiger partial charge in [0, 0.05) is 25.0 Å². The van der Waals surface area contributed by atoms with Crippen LogP contribution in [0.1, 0.15) is 41.3 Å². The zero-order valence-electron chi connectivity index (χ0n) is 14.7. The van der Waals surface area contributed by atoms with Crippen LogP contribution < -0.4 is 10.2 Å². The van der Waals surface area contributed by atoms with Gasteiger partial charge in [0.15, 0.2) is 0 Å². The molecule has 0 atom stereocenters. The largest absolute Gasteiger partial charge is 0.370 e. The topological polar surface area (TPSA) is 45.2 Å². The minimum Gasteiger partial charge on any atom is -0.370 e. The molecule has 1 fully saturated rings. The second-order valence-corrected chi connectivity index (χ2v) is 6.93. The van der Waals surface area contributed by atoms with E-state index in [2.05, 4.69) is 28.2 Å². The Balaban J connectivity index is 1.74. The van der Waals surface area contributed by atoms with Gasteiger partial charge in [0.2, 0.25) is 0 Å². The number of carbonyl (C=O) groups excluding carboxylic acids is 1. The second-order valence-electron chi connectivity index (χ2n) is 6.93. The number of amides is 1. The third-order valence-corrected chi connectivity index (χ3v) is 4.61. The summed E-state index contributed by atoms with van der Waals surface area (Å²) in [6.45, 7) is 8.42. The first kappa shape index (κ1) is 16.5. The number of aryl methyl sites for hydroxylation is 2. The Hall–Kier alpha value is -2.36. The van der Waals surface area contributed by atoms with E-state index in [4.69, 9.17) is 0 Å². The smallest absolute Gasteiger partial charge is 0.257 e. The molecule has 1 aromatic heterocycles. The van der Waals surface area contributed by atoms with Crippen molar-refractivity contribution in [3.05, 3.63) is 53.3 Å². The van der Waals surface area contributed by atoms with E-state index in [1.807, 2.05) is 38.2 Å². The van der Waals surface area contributed by atoms with Gasteiger partial charge in [-0.1, -0.05) is 13.0 Å². The van der Waals surface area contributed by atoms with E-state index in [0.29, 0.717) is 5.56 Å². The zero-order valence-corrected chi connectivity index (χ0v) is 14.7. The van der Waals surface area contributed by atoms with Crippen molar-refractivity contribution in [3.8, 4) is 0 Å². The predicted octanol–water partition coefficient (Wildman–Crippen LogP) is 4.19. The van der Waals surface area contributed by atoms with Crippen molar-refractivity contribution in [1.29, 1.82) is 0 Å². The van der Waals surface area contributed by atoms with Gasteiger partial charge in [-0.3, -0.25) is 9.78 Å². The molecule has 0 saturated carbocycles. The Morgan fingerprint density at radius 2 is 1.75 bits per heavy atom. The first-order valence-corrected chi connectivity index (χ1v) is 8.61. The van der Waals surface area contributed by atoms with Crippen LogP contribution in [0.5, 0.6) is 0 Å². The fraction of sp³-hybridized carbons (Fsp3) is 0.400. The van der Waals surface area contributed by atoms with E-state index in [9.17, 15) is 4.79 Å². The lowest BCUT2D eigenvalue weighted by Gasteiger charge is -2.32. The molecule has 0 spiro atoms. The molecular weight excluding hydrogens is 298 g/mol. The van der Waals surface area contributed by atoms with Crippen LogP contribution in [-0.4, -0.2) is 24.0 Å². The Labute approximate surface area is 143 Å². The number of rotatable bonds is 3. The summed E-state index contributed by atoms with van der Waals surface area (Å²) in [6, 6.07) is 8.00. The van der Waals surface area contributed by atoms with Crippen LogP contribution >= 0.6 is 0 Å². The number of pyridine rings is 1. The number of benzene rings is 1. The van der Waals surface area contributed by atoms with Gasteiger partial charge in [-0.25, -0.2) is 0 Å². The monoisotopic (exact) mass is 323 g/mol.